The Labute approximate surface area is 345 Å². The number of carbonyl (C=O) groups is 5. The minimum atomic E-state index is -0.663. The van der Waals surface area contributed by atoms with Crippen molar-refractivity contribution in [2.75, 3.05) is 49.2 Å². The first kappa shape index (κ1) is 41.0. The Kier molecular flexibility index (Phi) is 13.0. The molecule has 4 heterocycles. The van der Waals surface area contributed by atoms with Crippen molar-refractivity contribution in [2.45, 2.75) is 63.6 Å². The van der Waals surface area contributed by atoms with Crippen LogP contribution in [-0.4, -0.2) is 94.7 Å². The van der Waals surface area contributed by atoms with Crippen LogP contribution in [0.1, 0.15) is 60.9 Å². The monoisotopic (exact) mass is 825 g/mol. The van der Waals surface area contributed by atoms with Crippen LogP contribution in [0.25, 0.3) is 10.9 Å². The lowest BCUT2D eigenvalue weighted by molar-refractivity contribution is -0.137. The van der Waals surface area contributed by atoms with Crippen molar-refractivity contribution in [3.8, 4) is 5.75 Å². The number of hydrogen-bond donors (Lipinski definition) is 5. The second-order valence-electron chi connectivity index (χ2n) is 14.7. The molecule has 3 aliphatic heterocycles. The molecule has 0 aliphatic carbocycles. The topological polar surface area (TPSA) is 187 Å². The lowest BCUT2D eigenvalue weighted by Crippen LogP contribution is -2.52. The molecule has 0 spiro atoms. The van der Waals surface area contributed by atoms with Crippen molar-refractivity contribution in [2.24, 2.45) is 0 Å². The van der Waals surface area contributed by atoms with Gasteiger partial charge in [-0.05, 0) is 68.5 Å². The second-order valence-corrected chi connectivity index (χ2v) is 15.1. The first-order chi connectivity index (χ1) is 28.6. The van der Waals surface area contributed by atoms with Gasteiger partial charge >= 0.3 is 0 Å². The predicted molar refractivity (Wildman–Crippen MR) is 221 cm³/mol. The van der Waals surface area contributed by atoms with Gasteiger partial charge in [-0.15, -0.1) is 0 Å². The Bertz CT molecular complexity index is 2300. The van der Waals surface area contributed by atoms with Crippen LogP contribution in [0.5, 0.6) is 5.75 Å². The molecule has 0 radical (unpaired) electrons. The molecule has 1 atom stereocenters. The van der Waals surface area contributed by atoms with Gasteiger partial charge in [0.15, 0.2) is 0 Å². The van der Waals surface area contributed by atoms with Crippen LogP contribution >= 0.6 is 11.6 Å². The Hall–Kier alpha value is -6.13. The van der Waals surface area contributed by atoms with Gasteiger partial charge in [0.05, 0.1) is 23.3 Å². The molecular weight excluding hydrogens is 781 g/mol. The molecule has 17 heteroatoms. The molecular formula is C42H45ClFN9O6. The van der Waals surface area contributed by atoms with Crippen LogP contribution in [0.4, 0.5) is 27.3 Å². The third-order valence-corrected chi connectivity index (χ3v) is 11.0. The molecule has 2 fully saturated rings. The number of carbonyl (C=O) groups excluding carboxylic acids is 5. The third kappa shape index (κ3) is 9.95. The van der Waals surface area contributed by atoms with Crippen molar-refractivity contribution in [1.82, 2.24) is 30.4 Å². The van der Waals surface area contributed by atoms with Crippen molar-refractivity contribution in [3.63, 3.8) is 0 Å². The van der Waals surface area contributed by atoms with Gasteiger partial charge in [-0.3, -0.25) is 34.2 Å². The minimum Gasteiger partial charge on any atom is -0.494 e. The molecule has 59 heavy (non-hydrogen) atoms. The quantitative estimate of drug-likeness (QED) is 0.0596. The summed E-state index contributed by atoms with van der Waals surface area (Å²) in [6.07, 6.45) is 8.67. The molecule has 5 N–H and O–H groups in total. The smallest absolute Gasteiger partial charge is 0.255 e. The molecule has 3 aromatic carbocycles. The fraction of sp³-hybridized carbons (Fsp3) is 0.357. The molecule has 1 aromatic heterocycles. The number of nitrogens with zero attached hydrogens (tertiary/aromatic N) is 4. The number of imide groups is 1. The number of piperidine rings is 2. The van der Waals surface area contributed by atoms with Crippen LogP contribution in [0.3, 0.4) is 0 Å². The molecule has 308 valence electrons. The zero-order valence-corrected chi connectivity index (χ0v) is 33.2. The normalized spacial score (nSPS) is 17.2. The molecule has 1 unspecified atom stereocenters. The van der Waals surface area contributed by atoms with E-state index < -0.39 is 17.8 Å². The average Bonchev–Trinajstić information content (AvgIpc) is 3.56. The van der Waals surface area contributed by atoms with Gasteiger partial charge < -0.3 is 30.9 Å². The molecule has 3 aliphatic rings. The van der Waals surface area contributed by atoms with Crippen LogP contribution in [0, 0.1) is 5.82 Å². The number of aromatic nitrogens is 2. The summed E-state index contributed by atoms with van der Waals surface area (Å²) in [6, 6.07) is 12.6. The summed E-state index contributed by atoms with van der Waals surface area (Å²) in [4.78, 5) is 75.2. The summed E-state index contributed by atoms with van der Waals surface area (Å²) < 4.78 is 19.2. The van der Waals surface area contributed by atoms with E-state index in [0.717, 1.165) is 43.6 Å². The molecule has 4 aromatic rings. The number of ether oxygens (including phenoxy) is 1. The molecule has 7 rings (SSSR count). The van der Waals surface area contributed by atoms with E-state index in [1.54, 1.807) is 30.3 Å². The highest BCUT2D eigenvalue weighted by atomic mass is 35.5. The van der Waals surface area contributed by atoms with E-state index in [1.807, 2.05) is 12.1 Å². The summed E-state index contributed by atoms with van der Waals surface area (Å²) in [7, 11) is 1.50. The van der Waals surface area contributed by atoms with E-state index in [2.05, 4.69) is 41.5 Å². The van der Waals surface area contributed by atoms with Gasteiger partial charge in [0, 0.05) is 91.6 Å². The summed E-state index contributed by atoms with van der Waals surface area (Å²) in [5.41, 5.74) is 3.75. The lowest BCUT2D eigenvalue weighted by Gasteiger charge is -2.31. The number of halogens is 2. The van der Waals surface area contributed by atoms with E-state index in [0.29, 0.717) is 78.3 Å². The number of anilines is 4. The maximum Gasteiger partial charge on any atom is 0.255 e. The Morgan fingerprint density at radius 3 is 2.64 bits per heavy atom. The lowest BCUT2D eigenvalue weighted by atomic mass is 10.0. The van der Waals surface area contributed by atoms with Crippen LogP contribution in [0.15, 0.2) is 67.0 Å². The number of likely N-dealkylation sites (tertiary alicyclic amines) is 1. The van der Waals surface area contributed by atoms with E-state index in [-0.39, 0.29) is 41.1 Å². The number of rotatable bonds is 15. The largest absolute Gasteiger partial charge is 0.494 e. The maximum absolute atomic E-state index is 13.7. The molecule has 5 amide bonds. The highest BCUT2D eigenvalue weighted by Crippen LogP contribution is 2.34. The maximum atomic E-state index is 13.7. The van der Waals surface area contributed by atoms with E-state index >= 15 is 0 Å². The first-order valence-corrected chi connectivity index (χ1v) is 20.0. The molecule has 2 saturated heterocycles. The molecule has 0 bridgehead atoms. The number of nitrogens with one attached hydrogen (secondary N) is 5. The number of fused-ring (bicyclic) bond motifs is 2. The molecule has 0 saturated carbocycles. The SMILES string of the molecule is COc1cc2ncnc(Nc3ccc(F)c(Cl)c3)c2cc1NC(=O)/C=C/CN1CCC(NC(=O)CCCCNc2cccc3c2CN(C2CCC(=O)NC2=O)C3=O)CC1. The van der Waals surface area contributed by atoms with Gasteiger partial charge in [0.25, 0.3) is 5.91 Å². The van der Waals surface area contributed by atoms with Crippen molar-refractivity contribution < 1.29 is 33.1 Å². The van der Waals surface area contributed by atoms with Gasteiger partial charge in [0.2, 0.25) is 23.6 Å². The predicted octanol–water partition coefficient (Wildman–Crippen LogP) is 5.29. The molecule has 15 nitrogen and oxygen atoms in total. The van der Waals surface area contributed by atoms with E-state index in [4.69, 9.17) is 16.3 Å². The standard InChI is InChI=1S/C42H45ClFN9O6/c1-59-36-22-33-28(40(47-24-46-33)49-26-10-11-31(44)30(43)20-26)21-34(36)50-38(55)9-5-17-52-18-14-25(15-19-52)48-37(54)8-2-3-16-45-32-7-4-6-27-29(32)23-53(42(27)58)35-12-13-39(56)51-41(35)57/h4-7,9-11,20-22,24-25,35,45H,2-3,8,12-19,23H2,1H3,(H,48,54)(H,50,55)(H,46,47,49)(H,51,56,57)/b9-5+. The summed E-state index contributed by atoms with van der Waals surface area (Å²) >= 11 is 5.95. The Morgan fingerprint density at radius 2 is 1.86 bits per heavy atom. The van der Waals surface area contributed by atoms with E-state index in [9.17, 15) is 28.4 Å². The number of unbranched alkanes of at least 4 members (excludes halogenated alkanes) is 1. The Balaban J connectivity index is 0.811. The first-order valence-electron chi connectivity index (χ1n) is 19.6. The van der Waals surface area contributed by atoms with Gasteiger partial charge in [0.1, 0.15) is 29.8 Å². The zero-order valence-electron chi connectivity index (χ0n) is 32.5. The fourth-order valence-corrected chi connectivity index (χ4v) is 7.77. The third-order valence-electron chi connectivity index (χ3n) is 10.7. The van der Waals surface area contributed by atoms with Crippen LogP contribution < -0.4 is 31.3 Å². The van der Waals surface area contributed by atoms with Crippen molar-refractivity contribution >= 4 is 74.9 Å². The minimum absolute atomic E-state index is 0.0181. The van der Waals surface area contributed by atoms with Gasteiger partial charge in [-0.2, -0.15) is 0 Å². The second kappa shape index (κ2) is 18.6. The Morgan fingerprint density at radius 1 is 1.03 bits per heavy atom. The van der Waals surface area contributed by atoms with Crippen LogP contribution in [0.2, 0.25) is 5.02 Å². The number of methoxy groups -OCH3 is 1. The van der Waals surface area contributed by atoms with Crippen molar-refractivity contribution in [1.29, 1.82) is 0 Å². The van der Waals surface area contributed by atoms with Crippen molar-refractivity contribution in [3.05, 3.63) is 89.0 Å². The summed E-state index contributed by atoms with van der Waals surface area (Å²) in [5, 5.41) is 15.5. The van der Waals surface area contributed by atoms with E-state index in [1.165, 1.54) is 36.5 Å². The van der Waals surface area contributed by atoms with Gasteiger partial charge in [-0.1, -0.05) is 23.7 Å². The highest BCUT2D eigenvalue weighted by molar-refractivity contribution is 6.31. The average molecular weight is 826 g/mol. The summed E-state index contributed by atoms with van der Waals surface area (Å²) in [6.45, 7) is 3.05. The highest BCUT2D eigenvalue weighted by Gasteiger charge is 2.39. The number of benzene rings is 3. The number of hydrogen-bond acceptors (Lipinski definition) is 11. The van der Waals surface area contributed by atoms with Crippen LogP contribution in [-0.2, 0) is 25.7 Å². The summed E-state index contributed by atoms with van der Waals surface area (Å²) in [5.74, 6) is -0.955. The number of amides is 5. The fourth-order valence-electron chi connectivity index (χ4n) is 7.59. The zero-order chi connectivity index (χ0) is 41.5. The van der Waals surface area contributed by atoms with Gasteiger partial charge in [-0.25, -0.2) is 14.4 Å².